The Morgan fingerprint density at radius 1 is 1.25 bits per heavy atom. The highest BCUT2D eigenvalue weighted by Crippen LogP contribution is 2.33. The first-order valence-electron chi connectivity index (χ1n) is 5.77. The zero-order chi connectivity index (χ0) is 11.0. The van der Waals surface area contributed by atoms with Crippen molar-refractivity contribution in [2.75, 3.05) is 0 Å². The molecule has 1 unspecified atom stereocenters. The number of thiophene rings is 1. The first-order valence-corrected chi connectivity index (χ1v) is 6.65. The van der Waals surface area contributed by atoms with Crippen LogP contribution in [0.3, 0.4) is 0 Å². The SMILES string of the molecule is NC1CCCc2ccc(-c3cccs3)cc21. The Kier molecular flexibility index (Phi) is 2.54. The van der Waals surface area contributed by atoms with E-state index in [4.69, 9.17) is 5.73 Å². The van der Waals surface area contributed by atoms with Crippen molar-refractivity contribution in [2.24, 2.45) is 5.73 Å². The number of benzene rings is 1. The maximum absolute atomic E-state index is 6.17. The van der Waals surface area contributed by atoms with E-state index >= 15 is 0 Å². The van der Waals surface area contributed by atoms with Gasteiger partial charge in [-0.15, -0.1) is 11.3 Å². The van der Waals surface area contributed by atoms with Gasteiger partial charge in [-0.25, -0.2) is 0 Å². The van der Waals surface area contributed by atoms with Crippen molar-refractivity contribution in [2.45, 2.75) is 25.3 Å². The Hall–Kier alpha value is -1.12. The van der Waals surface area contributed by atoms with Gasteiger partial charge in [-0.05, 0) is 53.5 Å². The summed E-state index contributed by atoms with van der Waals surface area (Å²) in [4.78, 5) is 1.33. The van der Waals surface area contributed by atoms with Crippen LogP contribution >= 0.6 is 11.3 Å². The van der Waals surface area contributed by atoms with Gasteiger partial charge >= 0.3 is 0 Å². The quantitative estimate of drug-likeness (QED) is 0.791. The Bertz CT molecular complexity index is 487. The van der Waals surface area contributed by atoms with Crippen LogP contribution in [0.1, 0.15) is 30.0 Å². The minimum absolute atomic E-state index is 0.240. The van der Waals surface area contributed by atoms with Crippen LogP contribution in [0.5, 0.6) is 0 Å². The summed E-state index contributed by atoms with van der Waals surface area (Å²) < 4.78 is 0. The number of rotatable bonds is 1. The fourth-order valence-corrected chi connectivity index (χ4v) is 3.16. The topological polar surface area (TPSA) is 26.0 Å². The molecule has 0 bridgehead atoms. The van der Waals surface area contributed by atoms with Gasteiger partial charge in [0.05, 0.1) is 0 Å². The molecule has 0 saturated heterocycles. The predicted octanol–water partition coefficient (Wildman–Crippen LogP) is 3.75. The van der Waals surface area contributed by atoms with Crippen molar-refractivity contribution in [1.82, 2.24) is 0 Å². The van der Waals surface area contributed by atoms with Gasteiger partial charge in [-0.1, -0.05) is 18.2 Å². The standard InChI is InChI=1S/C14H15NS/c15-13-4-1-3-10-6-7-11(9-12(10)13)14-5-2-8-16-14/h2,5-9,13H,1,3-4,15H2. The van der Waals surface area contributed by atoms with Crippen LogP contribution < -0.4 is 5.73 Å². The van der Waals surface area contributed by atoms with Crippen molar-refractivity contribution in [3.8, 4) is 10.4 Å². The van der Waals surface area contributed by atoms with E-state index in [0.717, 1.165) is 6.42 Å². The molecule has 1 aromatic carbocycles. The zero-order valence-electron chi connectivity index (χ0n) is 9.15. The summed E-state index contributed by atoms with van der Waals surface area (Å²) in [7, 11) is 0. The lowest BCUT2D eigenvalue weighted by molar-refractivity contribution is 0.571. The van der Waals surface area contributed by atoms with Crippen molar-refractivity contribution >= 4 is 11.3 Å². The number of hydrogen-bond acceptors (Lipinski definition) is 2. The van der Waals surface area contributed by atoms with Crippen molar-refractivity contribution in [1.29, 1.82) is 0 Å². The van der Waals surface area contributed by atoms with Gasteiger partial charge in [0.1, 0.15) is 0 Å². The monoisotopic (exact) mass is 229 g/mol. The molecular weight excluding hydrogens is 214 g/mol. The maximum atomic E-state index is 6.17. The molecule has 0 saturated carbocycles. The predicted molar refractivity (Wildman–Crippen MR) is 69.6 cm³/mol. The summed E-state index contributed by atoms with van der Waals surface area (Å²) >= 11 is 1.79. The fraction of sp³-hybridized carbons (Fsp3) is 0.286. The lowest BCUT2D eigenvalue weighted by Crippen LogP contribution is -2.17. The average Bonchev–Trinajstić information content (AvgIpc) is 2.83. The highest BCUT2D eigenvalue weighted by Gasteiger charge is 2.17. The molecule has 0 amide bonds. The number of aryl methyl sites for hydroxylation is 1. The van der Waals surface area contributed by atoms with Crippen LogP contribution in [0.15, 0.2) is 35.7 Å². The van der Waals surface area contributed by atoms with Crippen LogP contribution in [0, 0.1) is 0 Å². The van der Waals surface area contributed by atoms with Gasteiger partial charge in [0.25, 0.3) is 0 Å². The second-order valence-electron chi connectivity index (χ2n) is 4.39. The lowest BCUT2D eigenvalue weighted by atomic mass is 9.87. The molecule has 1 aliphatic carbocycles. The summed E-state index contributed by atoms with van der Waals surface area (Å²) in [6.07, 6.45) is 3.54. The first kappa shape index (κ1) is 10.1. The third-order valence-corrected chi connectivity index (χ3v) is 4.23. The van der Waals surface area contributed by atoms with Gasteiger partial charge in [-0.3, -0.25) is 0 Å². The largest absolute Gasteiger partial charge is 0.324 e. The normalized spacial score (nSPS) is 19.4. The van der Waals surface area contributed by atoms with Crippen LogP contribution in [0.4, 0.5) is 0 Å². The molecule has 1 aromatic heterocycles. The molecule has 3 rings (SSSR count). The third kappa shape index (κ3) is 1.68. The van der Waals surface area contributed by atoms with E-state index in [1.807, 2.05) is 0 Å². The molecule has 1 aliphatic rings. The van der Waals surface area contributed by atoms with Crippen LogP contribution in [0.25, 0.3) is 10.4 Å². The lowest BCUT2D eigenvalue weighted by Gasteiger charge is -2.22. The molecular formula is C14H15NS. The van der Waals surface area contributed by atoms with E-state index < -0.39 is 0 Å². The van der Waals surface area contributed by atoms with E-state index in [1.165, 1.54) is 34.4 Å². The van der Waals surface area contributed by atoms with Gasteiger partial charge in [-0.2, -0.15) is 0 Å². The van der Waals surface area contributed by atoms with Gasteiger partial charge < -0.3 is 5.73 Å². The molecule has 0 fully saturated rings. The Balaban J connectivity index is 2.07. The Morgan fingerprint density at radius 3 is 3.00 bits per heavy atom. The summed E-state index contributed by atoms with van der Waals surface area (Å²) in [5, 5.41) is 2.12. The van der Waals surface area contributed by atoms with Crippen LogP contribution in [0.2, 0.25) is 0 Å². The number of nitrogens with two attached hydrogens (primary N) is 1. The van der Waals surface area contributed by atoms with E-state index in [2.05, 4.69) is 35.7 Å². The van der Waals surface area contributed by atoms with E-state index in [1.54, 1.807) is 11.3 Å². The molecule has 0 spiro atoms. The average molecular weight is 229 g/mol. The second kappa shape index (κ2) is 4.04. The summed E-state index contributed by atoms with van der Waals surface area (Å²) in [5.74, 6) is 0. The second-order valence-corrected chi connectivity index (χ2v) is 5.34. The maximum Gasteiger partial charge on any atom is 0.0342 e. The summed E-state index contributed by atoms with van der Waals surface area (Å²) in [6.45, 7) is 0. The fourth-order valence-electron chi connectivity index (χ4n) is 2.43. The summed E-state index contributed by atoms with van der Waals surface area (Å²) in [5.41, 5.74) is 10.3. The molecule has 2 heteroatoms. The molecule has 1 nitrogen and oxygen atoms in total. The van der Waals surface area contributed by atoms with Gasteiger partial charge in [0.15, 0.2) is 0 Å². The molecule has 0 aliphatic heterocycles. The van der Waals surface area contributed by atoms with Crippen molar-refractivity contribution in [3.63, 3.8) is 0 Å². The minimum atomic E-state index is 0.240. The molecule has 16 heavy (non-hydrogen) atoms. The molecule has 0 radical (unpaired) electrons. The summed E-state index contributed by atoms with van der Waals surface area (Å²) in [6, 6.07) is 11.3. The minimum Gasteiger partial charge on any atom is -0.324 e. The van der Waals surface area contributed by atoms with Gasteiger partial charge in [0.2, 0.25) is 0 Å². The Labute approximate surface area is 99.9 Å². The molecule has 2 aromatic rings. The zero-order valence-corrected chi connectivity index (χ0v) is 9.96. The molecule has 1 atom stereocenters. The van der Waals surface area contributed by atoms with E-state index in [-0.39, 0.29) is 6.04 Å². The van der Waals surface area contributed by atoms with Crippen molar-refractivity contribution in [3.05, 3.63) is 46.8 Å². The molecule has 2 N–H and O–H groups in total. The first-order chi connectivity index (χ1) is 7.84. The number of hydrogen-bond donors (Lipinski definition) is 1. The van der Waals surface area contributed by atoms with E-state index in [9.17, 15) is 0 Å². The Morgan fingerprint density at radius 2 is 2.19 bits per heavy atom. The molecule has 1 heterocycles. The molecule has 82 valence electrons. The third-order valence-electron chi connectivity index (χ3n) is 3.31. The van der Waals surface area contributed by atoms with Gasteiger partial charge in [0, 0.05) is 10.9 Å². The van der Waals surface area contributed by atoms with Crippen molar-refractivity contribution < 1.29 is 0 Å². The smallest absolute Gasteiger partial charge is 0.0342 e. The highest BCUT2D eigenvalue weighted by molar-refractivity contribution is 7.13. The van der Waals surface area contributed by atoms with Crippen LogP contribution in [-0.4, -0.2) is 0 Å². The highest BCUT2D eigenvalue weighted by atomic mass is 32.1. The van der Waals surface area contributed by atoms with E-state index in [0.29, 0.717) is 0 Å². The number of fused-ring (bicyclic) bond motifs is 1. The van der Waals surface area contributed by atoms with Crippen LogP contribution in [-0.2, 0) is 6.42 Å².